The maximum atomic E-state index is 12.5. The zero-order valence-corrected chi connectivity index (χ0v) is 13.7. The minimum absolute atomic E-state index is 0.0807. The molecule has 0 bridgehead atoms. The van der Waals surface area contributed by atoms with E-state index in [0.29, 0.717) is 32.5 Å². The lowest BCUT2D eigenvalue weighted by molar-refractivity contribution is 0.0729. The van der Waals surface area contributed by atoms with Crippen molar-refractivity contribution in [1.29, 1.82) is 0 Å². The van der Waals surface area contributed by atoms with E-state index in [1.54, 1.807) is 11.1 Å². The number of hydrogen-bond acceptors (Lipinski definition) is 4. The Morgan fingerprint density at radius 1 is 1.42 bits per heavy atom. The molecule has 3 rings (SSSR count). The lowest BCUT2D eigenvalue weighted by Crippen LogP contribution is -2.52. The molecular weight excluding hydrogens is 314 g/mol. The van der Waals surface area contributed by atoms with Gasteiger partial charge < -0.3 is 10.3 Å². The van der Waals surface area contributed by atoms with Gasteiger partial charge in [-0.2, -0.15) is 0 Å². The van der Waals surface area contributed by atoms with Crippen molar-refractivity contribution in [2.45, 2.75) is 32.2 Å². The van der Waals surface area contributed by atoms with Gasteiger partial charge in [0.2, 0.25) is 0 Å². The average Bonchev–Trinajstić information content (AvgIpc) is 2.54. The number of nitrogens with one attached hydrogen (secondary N) is 2. The van der Waals surface area contributed by atoms with Crippen LogP contribution in [-0.4, -0.2) is 53.5 Å². The summed E-state index contributed by atoms with van der Waals surface area (Å²) in [4.78, 5) is 21.0. The predicted molar refractivity (Wildman–Crippen MR) is 89.7 cm³/mol. The molecule has 3 heterocycles. The molecule has 0 spiro atoms. The van der Waals surface area contributed by atoms with Crippen LogP contribution in [0.5, 0.6) is 0 Å². The molecule has 0 aliphatic carbocycles. The molecule has 0 aromatic carbocycles. The van der Waals surface area contributed by atoms with Crippen molar-refractivity contribution < 1.29 is 8.78 Å². The molecule has 2 aromatic heterocycles. The number of H-pyrrole nitrogens is 1. The first kappa shape index (κ1) is 17.0. The first-order valence-electron chi connectivity index (χ1n) is 8.30. The van der Waals surface area contributed by atoms with Crippen LogP contribution in [0, 0.1) is 0 Å². The number of fused-ring (bicyclic) bond motifs is 1. The molecule has 1 saturated heterocycles. The van der Waals surface area contributed by atoms with Gasteiger partial charge in [0.25, 0.3) is 12.0 Å². The van der Waals surface area contributed by atoms with E-state index in [1.165, 1.54) is 0 Å². The summed E-state index contributed by atoms with van der Waals surface area (Å²) in [6, 6.07) is 3.86. The fraction of sp³-hybridized carbons (Fsp3) is 0.529. The maximum Gasteiger partial charge on any atom is 0.251 e. The van der Waals surface area contributed by atoms with Crippen molar-refractivity contribution in [3.63, 3.8) is 0 Å². The van der Waals surface area contributed by atoms with E-state index in [1.807, 2.05) is 19.1 Å². The third-order valence-corrected chi connectivity index (χ3v) is 4.42. The highest BCUT2D eigenvalue weighted by atomic mass is 19.3. The SMILES string of the molecule is CCc1cc2ncc(CC3CN(CC(F)F)CCN3)cc2[nH]c1=O. The molecule has 1 fully saturated rings. The van der Waals surface area contributed by atoms with Crippen molar-refractivity contribution in [1.82, 2.24) is 20.2 Å². The van der Waals surface area contributed by atoms with Crippen molar-refractivity contribution >= 4 is 11.0 Å². The fourth-order valence-electron chi connectivity index (χ4n) is 3.22. The van der Waals surface area contributed by atoms with Crippen molar-refractivity contribution in [2.75, 3.05) is 26.2 Å². The number of pyridine rings is 2. The standard InChI is InChI=1S/C17H22F2N4O/c1-2-12-7-14-15(22-17(12)24)6-11(8-21-14)5-13-9-23(4-3-20-13)10-16(18)19/h6-8,13,16,20H,2-5,9-10H2,1H3,(H,22,24). The van der Waals surface area contributed by atoms with Gasteiger partial charge in [-0.3, -0.25) is 14.7 Å². The van der Waals surface area contributed by atoms with E-state index >= 15 is 0 Å². The molecule has 1 aliphatic rings. The summed E-state index contributed by atoms with van der Waals surface area (Å²) >= 11 is 0. The molecule has 0 amide bonds. The number of aromatic nitrogens is 2. The van der Waals surface area contributed by atoms with E-state index in [9.17, 15) is 13.6 Å². The molecule has 2 N–H and O–H groups in total. The third kappa shape index (κ3) is 3.96. The van der Waals surface area contributed by atoms with E-state index in [-0.39, 0.29) is 18.1 Å². The second-order valence-electron chi connectivity index (χ2n) is 6.26. The summed E-state index contributed by atoms with van der Waals surface area (Å²) in [5.41, 5.74) is 3.11. The quantitative estimate of drug-likeness (QED) is 0.870. The van der Waals surface area contributed by atoms with Crippen LogP contribution < -0.4 is 10.9 Å². The lowest BCUT2D eigenvalue weighted by Gasteiger charge is -2.33. The first-order valence-corrected chi connectivity index (χ1v) is 8.30. The minimum atomic E-state index is -2.30. The summed E-state index contributed by atoms with van der Waals surface area (Å²) in [5.74, 6) is 0. The Morgan fingerprint density at radius 3 is 3.00 bits per heavy atom. The van der Waals surface area contributed by atoms with Gasteiger partial charge in [-0.25, -0.2) is 8.78 Å². The Balaban J connectivity index is 1.74. The molecule has 1 unspecified atom stereocenters. The summed E-state index contributed by atoms with van der Waals surface area (Å²) in [6.07, 6.45) is 0.860. The van der Waals surface area contributed by atoms with Gasteiger partial charge in [0.1, 0.15) is 0 Å². The van der Waals surface area contributed by atoms with Crippen LogP contribution in [0.1, 0.15) is 18.1 Å². The van der Waals surface area contributed by atoms with Gasteiger partial charge in [0.05, 0.1) is 17.6 Å². The molecule has 0 radical (unpaired) electrons. The van der Waals surface area contributed by atoms with Crippen LogP contribution >= 0.6 is 0 Å². The van der Waals surface area contributed by atoms with Crippen LogP contribution in [0.4, 0.5) is 8.78 Å². The van der Waals surface area contributed by atoms with Gasteiger partial charge >= 0.3 is 0 Å². The van der Waals surface area contributed by atoms with Crippen LogP contribution in [0.25, 0.3) is 11.0 Å². The molecule has 24 heavy (non-hydrogen) atoms. The van der Waals surface area contributed by atoms with Gasteiger partial charge in [0, 0.05) is 37.4 Å². The highest BCUT2D eigenvalue weighted by Gasteiger charge is 2.22. The Kier molecular flexibility index (Phi) is 5.20. The van der Waals surface area contributed by atoms with Gasteiger partial charge in [-0.15, -0.1) is 0 Å². The molecule has 130 valence electrons. The summed E-state index contributed by atoms with van der Waals surface area (Å²) in [6.45, 7) is 3.69. The number of hydrogen-bond donors (Lipinski definition) is 2. The van der Waals surface area contributed by atoms with Crippen molar-refractivity contribution in [3.05, 3.63) is 39.8 Å². The maximum absolute atomic E-state index is 12.5. The highest BCUT2D eigenvalue weighted by Crippen LogP contribution is 2.14. The highest BCUT2D eigenvalue weighted by molar-refractivity contribution is 5.74. The number of piperazine rings is 1. The van der Waals surface area contributed by atoms with Crippen LogP contribution in [0.3, 0.4) is 0 Å². The topological polar surface area (TPSA) is 61.0 Å². The fourth-order valence-corrected chi connectivity index (χ4v) is 3.22. The zero-order valence-electron chi connectivity index (χ0n) is 13.7. The van der Waals surface area contributed by atoms with E-state index in [4.69, 9.17) is 0 Å². The molecule has 0 saturated carbocycles. The lowest BCUT2D eigenvalue weighted by atomic mass is 10.0. The van der Waals surface area contributed by atoms with Crippen LogP contribution in [0.15, 0.2) is 23.1 Å². The predicted octanol–water partition coefficient (Wildman–Crippen LogP) is 1.57. The van der Waals surface area contributed by atoms with Gasteiger partial charge in [-0.05, 0) is 30.5 Å². The largest absolute Gasteiger partial charge is 0.320 e. The number of alkyl halides is 2. The first-order chi connectivity index (χ1) is 11.5. The monoisotopic (exact) mass is 336 g/mol. The number of aryl methyl sites for hydroxylation is 1. The zero-order chi connectivity index (χ0) is 17.1. The minimum Gasteiger partial charge on any atom is -0.320 e. The summed E-state index contributed by atoms with van der Waals surface area (Å²) < 4.78 is 25.1. The van der Waals surface area contributed by atoms with Crippen molar-refractivity contribution in [3.8, 4) is 0 Å². The van der Waals surface area contributed by atoms with Gasteiger partial charge in [-0.1, -0.05) is 6.92 Å². The van der Waals surface area contributed by atoms with E-state index in [2.05, 4.69) is 15.3 Å². The number of nitrogens with zero attached hydrogens (tertiary/aromatic N) is 2. The third-order valence-electron chi connectivity index (χ3n) is 4.42. The Hall–Kier alpha value is -1.86. The molecule has 1 aliphatic heterocycles. The van der Waals surface area contributed by atoms with Gasteiger partial charge in [0.15, 0.2) is 0 Å². The number of rotatable bonds is 5. The Morgan fingerprint density at radius 2 is 2.25 bits per heavy atom. The second-order valence-corrected chi connectivity index (χ2v) is 6.26. The Bertz CT molecular complexity index is 762. The summed E-state index contributed by atoms with van der Waals surface area (Å²) in [5, 5.41) is 3.36. The number of aromatic amines is 1. The smallest absolute Gasteiger partial charge is 0.251 e. The normalized spacial score (nSPS) is 19.2. The molecular formula is C17H22F2N4O. The van der Waals surface area contributed by atoms with Crippen LogP contribution in [-0.2, 0) is 12.8 Å². The Labute approximate surface area is 139 Å². The summed E-state index contributed by atoms with van der Waals surface area (Å²) in [7, 11) is 0. The number of halogens is 2. The van der Waals surface area contributed by atoms with E-state index < -0.39 is 6.43 Å². The molecule has 5 nitrogen and oxygen atoms in total. The van der Waals surface area contributed by atoms with E-state index in [0.717, 1.165) is 22.2 Å². The molecule has 1 atom stereocenters. The molecule has 7 heteroatoms. The van der Waals surface area contributed by atoms with Crippen molar-refractivity contribution in [2.24, 2.45) is 0 Å². The molecule has 2 aromatic rings. The van der Waals surface area contributed by atoms with Crippen LogP contribution in [0.2, 0.25) is 0 Å². The second kappa shape index (κ2) is 7.36. The average molecular weight is 336 g/mol.